The van der Waals surface area contributed by atoms with Gasteiger partial charge in [-0.25, -0.2) is 13.2 Å². The second kappa shape index (κ2) is 11.2. The van der Waals surface area contributed by atoms with Crippen LogP contribution in [0.1, 0.15) is 47.5 Å². The summed E-state index contributed by atoms with van der Waals surface area (Å²) >= 11 is 0. The number of ether oxygens (including phenoxy) is 1. The van der Waals surface area contributed by atoms with E-state index < -0.39 is 21.5 Å². The minimum absolute atomic E-state index is 0.00702. The number of hydrogen-bond acceptors (Lipinski definition) is 5. The quantitative estimate of drug-likeness (QED) is 0.317. The maximum atomic E-state index is 11.5. The molecule has 0 aromatic heterocycles. The Hall–Kier alpha value is -1.51. The van der Waals surface area contributed by atoms with Crippen molar-refractivity contribution in [3.63, 3.8) is 0 Å². The summed E-state index contributed by atoms with van der Waals surface area (Å²) in [6, 6.07) is -0.00702. The number of carbonyl (C=O) groups excluding carboxylic acids is 1. The van der Waals surface area contributed by atoms with Crippen LogP contribution in [0.25, 0.3) is 0 Å². The zero-order valence-corrected chi connectivity index (χ0v) is 17.1. The minimum atomic E-state index is -2.97. The minimum Gasteiger partial charge on any atom is -0.444 e. The molecule has 0 saturated carbocycles. The van der Waals surface area contributed by atoms with Crippen molar-refractivity contribution in [1.29, 1.82) is 0 Å². The Labute approximate surface area is 152 Å². The fraction of sp³-hybridized carbons (Fsp3) is 0.875. The molecule has 1 atom stereocenters. The molecule has 0 aromatic carbocycles. The van der Waals surface area contributed by atoms with E-state index in [9.17, 15) is 13.2 Å². The lowest BCUT2D eigenvalue weighted by atomic mass is 10.2. The molecule has 0 fully saturated rings. The monoisotopic (exact) mass is 378 g/mol. The number of amides is 1. The standard InChI is InChI=1S/C16H34N4O4S/c1-7-17-14(20-13(2)9-12-25(6,22)23)18-10-8-11-19-15(21)24-16(3,4)5/h13H,7-12H2,1-6H3,(H,19,21)(H2,17,18,20). The van der Waals surface area contributed by atoms with E-state index in [1.54, 1.807) is 0 Å². The summed E-state index contributed by atoms with van der Waals surface area (Å²) in [6.07, 6.45) is 1.99. The van der Waals surface area contributed by atoms with Crippen molar-refractivity contribution in [2.75, 3.05) is 31.6 Å². The second-order valence-electron chi connectivity index (χ2n) is 7.01. The molecule has 0 bridgehead atoms. The van der Waals surface area contributed by atoms with Crippen LogP contribution in [0.15, 0.2) is 4.99 Å². The summed E-state index contributed by atoms with van der Waals surface area (Å²) in [4.78, 5) is 15.9. The van der Waals surface area contributed by atoms with Gasteiger partial charge in [0.2, 0.25) is 0 Å². The van der Waals surface area contributed by atoms with Gasteiger partial charge in [0.1, 0.15) is 15.4 Å². The van der Waals surface area contributed by atoms with E-state index in [0.29, 0.717) is 38.4 Å². The van der Waals surface area contributed by atoms with Crippen molar-refractivity contribution in [2.24, 2.45) is 4.99 Å². The van der Waals surface area contributed by atoms with E-state index in [0.717, 1.165) is 0 Å². The number of guanidine groups is 1. The summed E-state index contributed by atoms with van der Waals surface area (Å²) in [5.74, 6) is 0.779. The third kappa shape index (κ3) is 15.7. The van der Waals surface area contributed by atoms with Crippen LogP contribution in [0.2, 0.25) is 0 Å². The summed E-state index contributed by atoms with van der Waals surface area (Å²) in [5.41, 5.74) is -0.507. The number of nitrogens with one attached hydrogen (secondary N) is 3. The zero-order chi connectivity index (χ0) is 19.5. The summed E-state index contributed by atoms with van der Waals surface area (Å²) < 4.78 is 27.6. The molecule has 0 aliphatic heterocycles. The molecule has 1 amide bonds. The van der Waals surface area contributed by atoms with Gasteiger partial charge in [-0.2, -0.15) is 0 Å². The van der Waals surface area contributed by atoms with Gasteiger partial charge in [0, 0.05) is 31.9 Å². The van der Waals surface area contributed by atoms with Crippen LogP contribution in [-0.4, -0.2) is 63.8 Å². The van der Waals surface area contributed by atoms with Gasteiger partial charge in [0.25, 0.3) is 0 Å². The van der Waals surface area contributed by atoms with Gasteiger partial charge in [-0.05, 0) is 47.5 Å². The van der Waals surface area contributed by atoms with Crippen molar-refractivity contribution >= 4 is 21.9 Å². The van der Waals surface area contributed by atoms with Gasteiger partial charge in [-0.3, -0.25) is 4.99 Å². The Morgan fingerprint density at radius 1 is 1.24 bits per heavy atom. The Kier molecular flexibility index (Phi) is 10.5. The Morgan fingerprint density at radius 2 is 1.88 bits per heavy atom. The maximum absolute atomic E-state index is 11.5. The third-order valence-electron chi connectivity index (χ3n) is 2.92. The molecule has 1 unspecified atom stereocenters. The van der Waals surface area contributed by atoms with Crippen molar-refractivity contribution in [1.82, 2.24) is 16.0 Å². The topological polar surface area (TPSA) is 109 Å². The van der Waals surface area contributed by atoms with Crippen LogP contribution >= 0.6 is 0 Å². The number of sulfone groups is 1. The molecule has 0 heterocycles. The smallest absolute Gasteiger partial charge is 0.407 e. The molecule has 0 rings (SSSR count). The Bertz CT molecular complexity index is 527. The molecule has 0 aliphatic rings. The van der Waals surface area contributed by atoms with Crippen molar-refractivity contribution in [3.8, 4) is 0 Å². The van der Waals surface area contributed by atoms with E-state index in [4.69, 9.17) is 4.74 Å². The van der Waals surface area contributed by atoms with E-state index in [1.165, 1.54) is 6.26 Å². The molecule has 0 saturated heterocycles. The van der Waals surface area contributed by atoms with Crippen molar-refractivity contribution < 1.29 is 17.9 Å². The highest BCUT2D eigenvalue weighted by atomic mass is 32.2. The molecule has 9 heteroatoms. The van der Waals surface area contributed by atoms with Gasteiger partial charge in [-0.1, -0.05) is 0 Å². The van der Waals surface area contributed by atoms with Gasteiger partial charge >= 0.3 is 6.09 Å². The lowest BCUT2D eigenvalue weighted by Crippen LogP contribution is -2.43. The predicted molar refractivity (Wildman–Crippen MR) is 102 cm³/mol. The molecule has 8 nitrogen and oxygen atoms in total. The van der Waals surface area contributed by atoms with E-state index in [-0.39, 0.29) is 11.8 Å². The average Bonchev–Trinajstić information content (AvgIpc) is 2.42. The highest BCUT2D eigenvalue weighted by Gasteiger charge is 2.15. The summed E-state index contributed by atoms with van der Waals surface area (Å²) in [6.45, 7) is 11.0. The zero-order valence-electron chi connectivity index (χ0n) is 16.3. The molecule has 0 aromatic rings. The molecular formula is C16H34N4O4S. The van der Waals surface area contributed by atoms with Crippen LogP contribution in [0.4, 0.5) is 4.79 Å². The molecule has 0 radical (unpaired) electrons. The van der Waals surface area contributed by atoms with Gasteiger partial charge < -0.3 is 20.7 Å². The van der Waals surface area contributed by atoms with Crippen LogP contribution in [0, 0.1) is 0 Å². The third-order valence-corrected chi connectivity index (χ3v) is 3.90. The first kappa shape index (κ1) is 23.5. The van der Waals surface area contributed by atoms with Crippen molar-refractivity contribution in [3.05, 3.63) is 0 Å². The predicted octanol–water partition coefficient (Wildman–Crippen LogP) is 1.28. The number of rotatable bonds is 9. The highest BCUT2D eigenvalue weighted by molar-refractivity contribution is 7.90. The molecule has 148 valence electrons. The number of alkyl carbamates (subject to hydrolysis) is 1. The number of hydrogen-bond donors (Lipinski definition) is 3. The first-order valence-electron chi connectivity index (χ1n) is 8.62. The first-order valence-corrected chi connectivity index (χ1v) is 10.7. The fourth-order valence-corrected chi connectivity index (χ4v) is 2.57. The summed E-state index contributed by atoms with van der Waals surface area (Å²) in [5, 5.41) is 8.99. The van der Waals surface area contributed by atoms with Crippen LogP contribution in [-0.2, 0) is 14.6 Å². The van der Waals surface area contributed by atoms with Gasteiger partial charge in [0.05, 0.1) is 5.75 Å². The van der Waals surface area contributed by atoms with Crippen LogP contribution in [0.3, 0.4) is 0 Å². The highest BCUT2D eigenvalue weighted by Crippen LogP contribution is 2.06. The Balaban J connectivity index is 4.20. The summed E-state index contributed by atoms with van der Waals surface area (Å²) in [7, 11) is -2.97. The molecule has 0 spiro atoms. The second-order valence-corrected chi connectivity index (χ2v) is 9.27. The number of carbonyl (C=O) groups is 1. The van der Waals surface area contributed by atoms with Gasteiger partial charge in [-0.15, -0.1) is 0 Å². The number of aliphatic imine (C=N–C) groups is 1. The first-order chi connectivity index (χ1) is 11.4. The van der Waals surface area contributed by atoms with E-state index >= 15 is 0 Å². The lowest BCUT2D eigenvalue weighted by Gasteiger charge is -2.19. The molecule has 3 N–H and O–H groups in total. The van der Waals surface area contributed by atoms with Crippen LogP contribution < -0.4 is 16.0 Å². The van der Waals surface area contributed by atoms with E-state index in [2.05, 4.69) is 20.9 Å². The molecule has 0 aliphatic carbocycles. The average molecular weight is 379 g/mol. The van der Waals surface area contributed by atoms with Gasteiger partial charge in [0.15, 0.2) is 5.96 Å². The Morgan fingerprint density at radius 3 is 2.40 bits per heavy atom. The largest absolute Gasteiger partial charge is 0.444 e. The number of nitrogens with zero attached hydrogens (tertiary/aromatic N) is 1. The van der Waals surface area contributed by atoms with Crippen LogP contribution in [0.5, 0.6) is 0 Å². The SMILES string of the molecule is CCNC(=NCCCNC(=O)OC(C)(C)C)NC(C)CCS(C)(=O)=O. The molecular weight excluding hydrogens is 344 g/mol. The normalized spacial score (nSPS) is 13.9. The molecule has 25 heavy (non-hydrogen) atoms. The maximum Gasteiger partial charge on any atom is 0.407 e. The fourth-order valence-electron chi connectivity index (χ4n) is 1.79. The van der Waals surface area contributed by atoms with Crippen molar-refractivity contribution in [2.45, 2.75) is 59.1 Å². The van der Waals surface area contributed by atoms with E-state index in [1.807, 2.05) is 34.6 Å². The lowest BCUT2D eigenvalue weighted by molar-refractivity contribution is 0.0527.